The van der Waals surface area contributed by atoms with Gasteiger partial charge in [0, 0.05) is 25.6 Å². The van der Waals surface area contributed by atoms with Crippen LogP contribution in [0, 0.1) is 10.1 Å². The van der Waals surface area contributed by atoms with Crippen LogP contribution in [0.4, 0.5) is 5.69 Å². The summed E-state index contributed by atoms with van der Waals surface area (Å²) in [7, 11) is 0. The number of nitro benzene ring substituents is 1. The van der Waals surface area contributed by atoms with Crippen molar-refractivity contribution in [2.45, 2.75) is 32.2 Å². The second-order valence-corrected chi connectivity index (χ2v) is 6.47. The summed E-state index contributed by atoms with van der Waals surface area (Å²) in [5.41, 5.74) is 1.76. The molecule has 1 aromatic heterocycles. The Hall–Kier alpha value is -3.42. The predicted octanol–water partition coefficient (Wildman–Crippen LogP) is 3.03. The lowest BCUT2D eigenvalue weighted by molar-refractivity contribution is -0.384. The van der Waals surface area contributed by atoms with Crippen LogP contribution in [0.25, 0.3) is 11.1 Å². The molecule has 0 unspecified atom stereocenters. The van der Waals surface area contributed by atoms with Crippen LogP contribution >= 0.6 is 0 Å². The average Bonchev–Trinajstić information content (AvgIpc) is 3.00. The number of benzene rings is 2. The minimum atomic E-state index is -0.584. The highest BCUT2D eigenvalue weighted by Crippen LogP contribution is 2.20. The van der Waals surface area contributed by atoms with Crippen LogP contribution in [0.5, 0.6) is 0 Å². The number of hydrogen-bond acceptors (Lipinski definition) is 5. The van der Waals surface area contributed by atoms with Crippen LogP contribution in [0.1, 0.15) is 24.8 Å². The summed E-state index contributed by atoms with van der Waals surface area (Å²) < 4.78 is 6.46. The van der Waals surface area contributed by atoms with Crippen LogP contribution in [0.3, 0.4) is 0 Å². The number of oxazole rings is 1. The maximum absolute atomic E-state index is 12.0. The topological polar surface area (TPSA) is 107 Å². The highest BCUT2D eigenvalue weighted by Gasteiger charge is 2.14. The molecule has 0 fully saturated rings. The Morgan fingerprint density at radius 2 is 1.93 bits per heavy atom. The van der Waals surface area contributed by atoms with Crippen molar-refractivity contribution in [3.05, 3.63) is 74.8 Å². The Morgan fingerprint density at radius 3 is 2.68 bits per heavy atom. The zero-order valence-electron chi connectivity index (χ0n) is 15.3. The summed E-state index contributed by atoms with van der Waals surface area (Å²) in [6.45, 7) is 0.910. The van der Waals surface area contributed by atoms with E-state index in [9.17, 15) is 19.7 Å². The fourth-order valence-corrected chi connectivity index (χ4v) is 3.03. The van der Waals surface area contributed by atoms with Crippen molar-refractivity contribution in [3.8, 4) is 0 Å². The molecule has 0 aliphatic rings. The number of aromatic nitrogens is 1. The lowest BCUT2D eigenvalue weighted by Crippen LogP contribution is -2.25. The van der Waals surface area contributed by atoms with Crippen LogP contribution in [-0.2, 0) is 17.8 Å². The van der Waals surface area contributed by atoms with Gasteiger partial charge in [-0.3, -0.25) is 19.5 Å². The minimum absolute atomic E-state index is 0.0652. The smallest absolute Gasteiger partial charge is 0.407 e. The van der Waals surface area contributed by atoms with E-state index in [1.807, 2.05) is 18.2 Å². The molecule has 146 valence electrons. The monoisotopic (exact) mass is 383 g/mol. The van der Waals surface area contributed by atoms with E-state index in [-0.39, 0.29) is 23.6 Å². The number of nitro groups is 1. The standard InChI is InChI=1S/C20H21N3O5/c24-19(21-12-4-8-15-6-2-1-3-7-15)9-5-13-22-17-11-10-16(23(26)27)14-18(17)28-20(22)25/h1-3,6-7,10-11,14H,4-5,8-9,12-13H2,(H,21,24). The number of hydrogen-bond donors (Lipinski definition) is 1. The molecular weight excluding hydrogens is 362 g/mol. The Bertz CT molecular complexity index is 1020. The van der Waals surface area contributed by atoms with Gasteiger partial charge in [-0.2, -0.15) is 0 Å². The lowest BCUT2D eigenvalue weighted by atomic mass is 10.1. The Morgan fingerprint density at radius 1 is 1.14 bits per heavy atom. The molecule has 0 spiro atoms. The third-order valence-corrected chi connectivity index (χ3v) is 4.46. The minimum Gasteiger partial charge on any atom is -0.407 e. The van der Waals surface area contributed by atoms with E-state index in [4.69, 9.17) is 4.42 Å². The summed E-state index contributed by atoms with van der Waals surface area (Å²) in [5, 5.41) is 13.7. The van der Waals surface area contributed by atoms with Crippen LogP contribution < -0.4 is 11.1 Å². The molecule has 0 atom stereocenters. The quantitative estimate of drug-likeness (QED) is 0.347. The molecule has 28 heavy (non-hydrogen) atoms. The molecule has 1 amide bonds. The van der Waals surface area contributed by atoms with Gasteiger partial charge in [0.15, 0.2) is 5.58 Å². The third kappa shape index (κ3) is 4.85. The van der Waals surface area contributed by atoms with Gasteiger partial charge in [0.05, 0.1) is 16.5 Å². The number of aryl methyl sites for hydroxylation is 2. The number of nitrogens with zero attached hydrogens (tertiary/aromatic N) is 2. The molecule has 3 rings (SSSR count). The van der Waals surface area contributed by atoms with Gasteiger partial charge in [-0.25, -0.2) is 4.79 Å². The third-order valence-electron chi connectivity index (χ3n) is 4.46. The summed E-state index contributed by atoms with van der Waals surface area (Å²) in [6, 6.07) is 14.1. The number of fused-ring (bicyclic) bond motifs is 1. The van der Waals surface area contributed by atoms with Gasteiger partial charge in [-0.05, 0) is 30.9 Å². The second kappa shape index (κ2) is 8.98. The van der Waals surface area contributed by atoms with Crippen molar-refractivity contribution in [3.63, 3.8) is 0 Å². The summed E-state index contributed by atoms with van der Waals surface area (Å²) in [6.07, 6.45) is 2.53. The number of amides is 1. The largest absolute Gasteiger partial charge is 0.419 e. The molecule has 0 saturated carbocycles. The first-order valence-corrected chi connectivity index (χ1v) is 9.13. The molecule has 0 saturated heterocycles. The van der Waals surface area contributed by atoms with E-state index in [1.165, 1.54) is 28.3 Å². The van der Waals surface area contributed by atoms with Crippen LogP contribution in [-0.4, -0.2) is 21.9 Å². The van der Waals surface area contributed by atoms with Gasteiger partial charge in [-0.15, -0.1) is 0 Å². The first kappa shape index (κ1) is 19.3. The van der Waals surface area contributed by atoms with Crippen molar-refractivity contribution in [2.75, 3.05) is 6.54 Å². The van der Waals surface area contributed by atoms with Gasteiger partial charge in [0.1, 0.15) is 0 Å². The van der Waals surface area contributed by atoms with E-state index < -0.39 is 10.7 Å². The van der Waals surface area contributed by atoms with Crippen molar-refractivity contribution in [2.24, 2.45) is 0 Å². The summed E-state index contributed by atoms with van der Waals surface area (Å²) in [4.78, 5) is 34.2. The fourth-order valence-electron chi connectivity index (χ4n) is 3.03. The van der Waals surface area contributed by atoms with Gasteiger partial charge in [-0.1, -0.05) is 30.3 Å². The Balaban J connectivity index is 1.45. The van der Waals surface area contributed by atoms with E-state index in [0.717, 1.165) is 12.8 Å². The molecule has 3 aromatic rings. The molecule has 1 heterocycles. The predicted molar refractivity (Wildman–Crippen MR) is 104 cm³/mol. The van der Waals surface area contributed by atoms with E-state index in [0.29, 0.717) is 25.0 Å². The highest BCUT2D eigenvalue weighted by molar-refractivity contribution is 5.76. The molecule has 8 nitrogen and oxygen atoms in total. The van der Waals surface area contributed by atoms with Gasteiger partial charge in [0.2, 0.25) is 5.91 Å². The average molecular weight is 383 g/mol. The number of carbonyl (C=O) groups is 1. The maximum atomic E-state index is 12.0. The number of carbonyl (C=O) groups excluding carboxylic acids is 1. The molecule has 0 bridgehead atoms. The van der Waals surface area contributed by atoms with E-state index in [1.54, 1.807) is 0 Å². The first-order chi connectivity index (χ1) is 13.5. The van der Waals surface area contributed by atoms with E-state index in [2.05, 4.69) is 17.4 Å². The van der Waals surface area contributed by atoms with Crippen LogP contribution in [0.2, 0.25) is 0 Å². The molecule has 8 heteroatoms. The lowest BCUT2D eigenvalue weighted by Gasteiger charge is -2.06. The zero-order valence-corrected chi connectivity index (χ0v) is 15.3. The number of nitrogens with one attached hydrogen (secondary N) is 1. The van der Waals surface area contributed by atoms with Crippen molar-refractivity contribution in [1.29, 1.82) is 0 Å². The second-order valence-electron chi connectivity index (χ2n) is 6.47. The van der Waals surface area contributed by atoms with Crippen LogP contribution in [0.15, 0.2) is 57.7 Å². The summed E-state index contributed by atoms with van der Waals surface area (Å²) >= 11 is 0. The first-order valence-electron chi connectivity index (χ1n) is 9.13. The van der Waals surface area contributed by atoms with Crippen molar-refractivity contribution < 1.29 is 14.1 Å². The zero-order chi connectivity index (χ0) is 19.9. The van der Waals surface area contributed by atoms with Gasteiger partial charge < -0.3 is 9.73 Å². The number of rotatable bonds is 9. The van der Waals surface area contributed by atoms with Gasteiger partial charge >= 0.3 is 5.76 Å². The normalized spacial score (nSPS) is 10.9. The maximum Gasteiger partial charge on any atom is 0.419 e. The number of non-ortho nitro benzene ring substituents is 1. The Kier molecular flexibility index (Phi) is 6.21. The fraction of sp³-hybridized carbons (Fsp3) is 0.300. The molecular formula is C20H21N3O5. The molecule has 0 aliphatic heterocycles. The van der Waals surface area contributed by atoms with Crippen molar-refractivity contribution in [1.82, 2.24) is 9.88 Å². The molecule has 0 aliphatic carbocycles. The molecule has 1 N–H and O–H groups in total. The molecule has 0 radical (unpaired) electrons. The highest BCUT2D eigenvalue weighted by atomic mass is 16.6. The summed E-state index contributed by atoms with van der Waals surface area (Å²) in [5.74, 6) is -0.650. The van der Waals surface area contributed by atoms with E-state index >= 15 is 0 Å². The SMILES string of the molecule is O=C(CCCn1c(=O)oc2cc([N+](=O)[O-])ccc21)NCCCc1ccccc1. The van der Waals surface area contributed by atoms with Gasteiger partial charge in [0.25, 0.3) is 5.69 Å². The Labute approximate surface area is 160 Å². The van der Waals surface area contributed by atoms with Crippen molar-refractivity contribution >= 4 is 22.7 Å². The molecule has 2 aromatic carbocycles.